The number of methoxy groups -OCH3 is 1. The van der Waals surface area contributed by atoms with Gasteiger partial charge in [0.05, 0.1) is 19.2 Å². The molecule has 0 bridgehead atoms. The second kappa shape index (κ2) is 8.55. The van der Waals surface area contributed by atoms with Crippen molar-refractivity contribution in [3.63, 3.8) is 0 Å². The number of halogens is 1. The van der Waals surface area contributed by atoms with E-state index >= 15 is 0 Å². The third kappa shape index (κ3) is 4.44. The Kier molecular flexibility index (Phi) is 5.68. The van der Waals surface area contributed by atoms with Gasteiger partial charge in [0, 0.05) is 12.7 Å². The first-order valence-electron chi connectivity index (χ1n) is 9.41. The van der Waals surface area contributed by atoms with Crippen molar-refractivity contribution in [2.75, 3.05) is 7.11 Å². The molecule has 4 aromatic rings. The zero-order valence-electron chi connectivity index (χ0n) is 16.6. The van der Waals surface area contributed by atoms with Gasteiger partial charge in [0.1, 0.15) is 16.4 Å². The van der Waals surface area contributed by atoms with Gasteiger partial charge in [-0.15, -0.1) is 0 Å². The highest BCUT2D eigenvalue weighted by atomic mass is 35.5. The molecule has 4 rings (SSSR count). The number of pyridine rings is 1. The van der Waals surface area contributed by atoms with Crippen molar-refractivity contribution in [1.29, 1.82) is 0 Å². The number of hydrogen-bond acceptors (Lipinski definition) is 5. The predicted molar refractivity (Wildman–Crippen MR) is 115 cm³/mol. The molecule has 2 aromatic heterocycles. The molecule has 0 fully saturated rings. The molecular weight excluding hydrogens is 402 g/mol. The molecule has 0 aliphatic rings. The Morgan fingerprint density at radius 2 is 1.90 bits per heavy atom. The number of fused-ring (bicyclic) bond motifs is 1. The minimum atomic E-state index is -0.187. The molecule has 2 heterocycles. The Hall–Kier alpha value is -3.38. The lowest BCUT2D eigenvalue weighted by Gasteiger charge is -2.21. The van der Waals surface area contributed by atoms with Gasteiger partial charge in [-0.2, -0.15) is 0 Å². The van der Waals surface area contributed by atoms with Crippen molar-refractivity contribution in [3.8, 4) is 5.75 Å². The van der Waals surface area contributed by atoms with Crippen LogP contribution in [0.1, 0.15) is 27.4 Å². The quantitative estimate of drug-likeness (QED) is 0.408. The maximum atomic E-state index is 13.2. The summed E-state index contributed by atoms with van der Waals surface area (Å²) in [7, 11) is 1.62. The van der Waals surface area contributed by atoms with E-state index in [0.717, 1.165) is 22.4 Å². The van der Waals surface area contributed by atoms with E-state index in [4.69, 9.17) is 20.8 Å². The molecule has 0 aliphatic carbocycles. The van der Waals surface area contributed by atoms with Crippen molar-refractivity contribution in [1.82, 2.24) is 14.9 Å². The van der Waals surface area contributed by atoms with Crippen LogP contribution in [0.4, 0.5) is 0 Å². The summed E-state index contributed by atoms with van der Waals surface area (Å²) < 4.78 is 11.1. The fourth-order valence-electron chi connectivity index (χ4n) is 3.15. The summed E-state index contributed by atoms with van der Waals surface area (Å²) in [6.45, 7) is 2.60. The van der Waals surface area contributed by atoms with Crippen molar-refractivity contribution in [3.05, 3.63) is 88.5 Å². The molecule has 0 spiro atoms. The van der Waals surface area contributed by atoms with Crippen LogP contribution in [0.2, 0.25) is 5.15 Å². The van der Waals surface area contributed by atoms with Gasteiger partial charge in [-0.05, 0) is 54.4 Å². The average Bonchev–Trinajstić information content (AvgIpc) is 3.15. The lowest BCUT2D eigenvalue weighted by molar-refractivity contribution is 0.0715. The molecule has 0 radical (unpaired) electrons. The molecule has 152 valence electrons. The number of carbonyl (C=O) groups excluding carboxylic acids is 1. The molecule has 1 amide bonds. The highest BCUT2D eigenvalue weighted by Gasteiger charge is 2.20. The van der Waals surface area contributed by atoms with Gasteiger partial charge < -0.3 is 14.1 Å². The minimum absolute atomic E-state index is 0.187. The number of amides is 1. The number of rotatable bonds is 6. The Labute approximate surface area is 179 Å². The molecule has 2 aromatic carbocycles. The minimum Gasteiger partial charge on any atom is -0.497 e. The van der Waals surface area contributed by atoms with E-state index in [1.165, 1.54) is 6.20 Å². The fourth-order valence-corrected chi connectivity index (χ4v) is 3.26. The highest BCUT2D eigenvalue weighted by molar-refractivity contribution is 6.29. The second-order valence-corrected chi connectivity index (χ2v) is 7.34. The van der Waals surface area contributed by atoms with Crippen LogP contribution in [0, 0.1) is 6.92 Å². The van der Waals surface area contributed by atoms with Gasteiger partial charge >= 0.3 is 0 Å². The van der Waals surface area contributed by atoms with E-state index in [9.17, 15) is 4.79 Å². The Morgan fingerprint density at radius 3 is 2.60 bits per heavy atom. The third-order valence-electron chi connectivity index (χ3n) is 4.71. The number of aryl methyl sites for hydroxylation is 1. The van der Waals surface area contributed by atoms with E-state index < -0.39 is 0 Å². The molecular formula is C23H20ClN3O3. The zero-order chi connectivity index (χ0) is 21.1. The number of nitrogens with zero attached hydrogens (tertiary/aromatic N) is 3. The van der Waals surface area contributed by atoms with Crippen LogP contribution in [0.3, 0.4) is 0 Å². The van der Waals surface area contributed by atoms with Crippen molar-refractivity contribution in [2.45, 2.75) is 20.0 Å². The van der Waals surface area contributed by atoms with Gasteiger partial charge in [-0.1, -0.05) is 29.8 Å². The van der Waals surface area contributed by atoms with E-state index in [1.54, 1.807) is 24.1 Å². The molecule has 0 unspecified atom stereocenters. The van der Waals surface area contributed by atoms with Crippen LogP contribution in [-0.4, -0.2) is 27.9 Å². The first-order chi connectivity index (χ1) is 14.5. The smallest absolute Gasteiger partial charge is 0.256 e. The van der Waals surface area contributed by atoms with Gasteiger partial charge in [0.15, 0.2) is 5.58 Å². The molecule has 7 heteroatoms. The van der Waals surface area contributed by atoms with Gasteiger partial charge in [0.25, 0.3) is 5.91 Å². The maximum absolute atomic E-state index is 13.2. The summed E-state index contributed by atoms with van der Waals surface area (Å²) in [5.74, 6) is 1.04. The number of benzene rings is 2. The van der Waals surface area contributed by atoms with E-state index in [0.29, 0.717) is 28.7 Å². The molecule has 0 atom stereocenters. The molecule has 0 N–H and O–H groups in total. The Bertz CT molecular complexity index is 1170. The summed E-state index contributed by atoms with van der Waals surface area (Å²) in [6, 6.07) is 16.7. The van der Waals surface area contributed by atoms with E-state index in [1.807, 2.05) is 49.4 Å². The van der Waals surface area contributed by atoms with Crippen LogP contribution in [0.5, 0.6) is 5.75 Å². The third-order valence-corrected chi connectivity index (χ3v) is 4.93. The largest absolute Gasteiger partial charge is 0.497 e. The van der Waals surface area contributed by atoms with Crippen LogP contribution < -0.4 is 4.74 Å². The number of ether oxygens (including phenoxy) is 1. The average molecular weight is 422 g/mol. The molecule has 0 saturated heterocycles. The number of hydrogen-bond donors (Lipinski definition) is 0. The molecule has 0 aliphatic heterocycles. The Balaban J connectivity index is 1.63. The summed E-state index contributed by atoms with van der Waals surface area (Å²) in [6.07, 6.45) is 1.47. The fraction of sp³-hybridized carbons (Fsp3) is 0.174. The SMILES string of the molecule is COc1ccc(CN(Cc2nc3cc(C)ccc3o2)C(=O)c2ccc(Cl)nc2)cc1. The second-order valence-electron chi connectivity index (χ2n) is 6.96. The van der Waals surface area contributed by atoms with Crippen LogP contribution in [0.25, 0.3) is 11.1 Å². The lowest BCUT2D eigenvalue weighted by atomic mass is 10.1. The maximum Gasteiger partial charge on any atom is 0.256 e. The predicted octanol–water partition coefficient (Wildman–Crippen LogP) is 5.04. The lowest BCUT2D eigenvalue weighted by Crippen LogP contribution is -2.30. The van der Waals surface area contributed by atoms with Crippen LogP contribution >= 0.6 is 11.6 Å². The van der Waals surface area contributed by atoms with Gasteiger partial charge in [-0.3, -0.25) is 4.79 Å². The zero-order valence-corrected chi connectivity index (χ0v) is 17.4. The summed E-state index contributed by atoms with van der Waals surface area (Å²) in [5.41, 5.74) is 3.97. The Morgan fingerprint density at radius 1 is 1.10 bits per heavy atom. The monoisotopic (exact) mass is 421 g/mol. The normalized spacial score (nSPS) is 10.9. The number of carbonyl (C=O) groups is 1. The van der Waals surface area contributed by atoms with E-state index in [-0.39, 0.29) is 12.5 Å². The molecule has 6 nitrogen and oxygen atoms in total. The molecule has 0 saturated carbocycles. The van der Waals surface area contributed by atoms with Crippen molar-refractivity contribution < 1.29 is 13.9 Å². The van der Waals surface area contributed by atoms with E-state index in [2.05, 4.69) is 9.97 Å². The van der Waals surface area contributed by atoms with Gasteiger partial charge in [-0.25, -0.2) is 9.97 Å². The first-order valence-corrected chi connectivity index (χ1v) is 9.79. The topological polar surface area (TPSA) is 68.5 Å². The van der Waals surface area contributed by atoms with Crippen LogP contribution in [-0.2, 0) is 13.1 Å². The first kappa shape index (κ1) is 19.9. The summed E-state index contributed by atoms with van der Waals surface area (Å²) in [5, 5.41) is 0.336. The number of aromatic nitrogens is 2. The van der Waals surface area contributed by atoms with Crippen LogP contribution in [0.15, 0.2) is 65.2 Å². The summed E-state index contributed by atoms with van der Waals surface area (Å²) >= 11 is 5.87. The molecule has 30 heavy (non-hydrogen) atoms. The standard InChI is InChI=1S/C23H20ClN3O3/c1-15-3-9-20-19(11-15)26-22(30-20)14-27(13-16-4-7-18(29-2)8-5-16)23(28)17-6-10-21(24)25-12-17/h3-12H,13-14H2,1-2H3. The number of oxazole rings is 1. The van der Waals surface area contributed by atoms with Crippen molar-refractivity contribution >= 4 is 28.6 Å². The van der Waals surface area contributed by atoms with Crippen molar-refractivity contribution in [2.24, 2.45) is 0 Å². The van der Waals surface area contributed by atoms with Gasteiger partial charge in [0.2, 0.25) is 5.89 Å². The summed E-state index contributed by atoms with van der Waals surface area (Å²) in [4.78, 5) is 23.5. The highest BCUT2D eigenvalue weighted by Crippen LogP contribution is 2.21.